The Morgan fingerprint density at radius 2 is 2.00 bits per heavy atom. The molecule has 0 aliphatic carbocycles. The van der Waals surface area contributed by atoms with Crippen molar-refractivity contribution >= 4 is 29.4 Å². The number of carbonyl (C=O) groups is 1. The molecule has 0 spiro atoms. The van der Waals surface area contributed by atoms with E-state index in [1.165, 1.54) is 12.1 Å². The number of aromatic nitrogens is 4. The van der Waals surface area contributed by atoms with Gasteiger partial charge in [0.05, 0.1) is 29.8 Å². The number of anilines is 2. The average molecular weight is 458 g/mol. The van der Waals surface area contributed by atoms with Gasteiger partial charge in [0.25, 0.3) is 0 Å². The van der Waals surface area contributed by atoms with Crippen molar-refractivity contribution in [3.05, 3.63) is 59.5 Å². The molecule has 1 saturated heterocycles. The molecule has 0 saturated carbocycles. The van der Waals surface area contributed by atoms with E-state index in [1.54, 1.807) is 52.3 Å². The minimum absolute atomic E-state index is 0.0430. The number of nitrogens with one attached hydrogen (secondary N) is 1. The van der Waals surface area contributed by atoms with Crippen LogP contribution in [0.2, 0.25) is 5.02 Å². The number of rotatable bonds is 6. The number of likely N-dealkylation sites (N-methyl/N-ethyl adjacent to an activating group) is 1. The molecule has 2 aromatic heterocycles. The molecule has 168 valence electrons. The van der Waals surface area contributed by atoms with Crippen LogP contribution < -0.4 is 10.2 Å². The number of imidazole rings is 1. The average Bonchev–Trinajstić information content (AvgIpc) is 3.33. The molecule has 3 heterocycles. The summed E-state index contributed by atoms with van der Waals surface area (Å²) in [5.41, 5.74) is 1.30. The third-order valence-corrected chi connectivity index (χ3v) is 5.74. The first-order valence-electron chi connectivity index (χ1n) is 10.4. The molecule has 1 N–H and O–H groups in total. The number of hydrogen-bond acceptors (Lipinski definition) is 5. The molecule has 0 bridgehead atoms. The molecule has 32 heavy (non-hydrogen) atoms. The quantitative estimate of drug-likeness (QED) is 0.588. The van der Waals surface area contributed by atoms with Crippen molar-refractivity contribution in [1.82, 2.24) is 24.4 Å². The van der Waals surface area contributed by atoms with Gasteiger partial charge in [-0.1, -0.05) is 25.4 Å². The van der Waals surface area contributed by atoms with E-state index >= 15 is 0 Å². The van der Waals surface area contributed by atoms with Crippen LogP contribution in [0.5, 0.6) is 0 Å². The van der Waals surface area contributed by atoms with Crippen LogP contribution >= 0.6 is 11.6 Å². The number of nitrogens with zero attached hydrogens (tertiary/aromatic N) is 6. The lowest BCUT2D eigenvalue weighted by atomic mass is 10.0. The van der Waals surface area contributed by atoms with Crippen LogP contribution in [-0.2, 0) is 0 Å². The lowest BCUT2D eigenvalue weighted by molar-refractivity contribution is 0.229. The minimum atomic E-state index is -0.416. The third kappa shape index (κ3) is 4.38. The van der Waals surface area contributed by atoms with Gasteiger partial charge in [-0.05, 0) is 37.1 Å². The normalized spacial score (nSPS) is 17.3. The summed E-state index contributed by atoms with van der Waals surface area (Å²) >= 11 is 5.96. The SMILES string of the molecule is CC(C)C1CN(C)C(=O)N1c1ccnc(N[C@@H](C)c2cn(-c3cc(F)cc(Cl)c3)cn2)n1. The Hall–Kier alpha value is -3.20. The van der Waals surface area contributed by atoms with Gasteiger partial charge in [0.2, 0.25) is 5.95 Å². The van der Waals surface area contributed by atoms with Gasteiger partial charge in [-0.15, -0.1) is 0 Å². The zero-order chi connectivity index (χ0) is 23.0. The maximum Gasteiger partial charge on any atom is 0.325 e. The maximum absolute atomic E-state index is 13.7. The fraction of sp³-hybridized carbons (Fsp3) is 0.364. The highest BCUT2D eigenvalue weighted by atomic mass is 35.5. The summed E-state index contributed by atoms with van der Waals surface area (Å²) in [6, 6.07) is 5.78. The first kappa shape index (κ1) is 22.0. The van der Waals surface area contributed by atoms with Crippen LogP contribution in [0.4, 0.5) is 21.0 Å². The molecular weight excluding hydrogens is 433 g/mol. The Kier molecular flexibility index (Phi) is 6.01. The number of amides is 2. The van der Waals surface area contributed by atoms with Crippen molar-refractivity contribution < 1.29 is 9.18 Å². The van der Waals surface area contributed by atoms with Gasteiger partial charge >= 0.3 is 6.03 Å². The predicted octanol–water partition coefficient (Wildman–Crippen LogP) is 4.52. The summed E-state index contributed by atoms with van der Waals surface area (Å²) in [6.07, 6.45) is 5.02. The van der Waals surface area contributed by atoms with Crippen molar-refractivity contribution in [3.63, 3.8) is 0 Å². The molecule has 1 fully saturated rings. The number of halogens is 2. The Morgan fingerprint density at radius 1 is 1.22 bits per heavy atom. The number of benzene rings is 1. The molecule has 1 aliphatic rings. The smallest absolute Gasteiger partial charge is 0.325 e. The summed E-state index contributed by atoms with van der Waals surface area (Å²) in [6.45, 7) is 6.76. The van der Waals surface area contributed by atoms with E-state index in [9.17, 15) is 9.18 Å². The highest BCUT2D eigenvalue weighted by Crippen LogP contribution is 2.27. The van der Waals surface area contributed by atoms with E-state index in [2.05, 4.69) is 34.1 Å². The zero-order valence-corrected chi connectivity index (χ0v) is 19.1. The van der Waals surface area contributed by atoms with E-state index in [4.69, 9.17) is 11.6 Å². The molecule has 1 unspecified atom stereocenters. The van der Waals surface area contributed by atoms with Crippen LogP contribution in [0.25, 0.3) is 5.69 Å². The van der Waals surface area contributed by atoms with E-state index in [1.807, 2.05) is 6.92 Å². The molecule has 10 heteroatoms. The van der Waals surface area contributed by atoms with Crippen LogP contribution in [0, 0.1) is 11.7 Å². The van der Waals surface area contributed by atoms with Gasteiger partial charge in [0.1, 0.15) is 11.6 Å². The van der Waals surface area contributed by atoms with Crippen molar-refractivity contribution in [2.45, 2.75) is 32.9 Å². The lowest BCUT2D eigenvalue weighted by Crippen LogP contribution is -2.38. The summed E-state index contributed by atoms with van der Waals surface area (Å²) in [5.74, 6) is 0.821. The summed E-state index contributed by atoms with van der Waals surface area (Å²) in [4.78, 5) is 29.4. The van der Waals surface area contributed by atoms with Gasteiger partial charge in [0.15, 0.2) is 0 Å². The zero-order valence-electron chi connectivity index (χ0n) is 18.3. The molecular formula is C22H25ClFN7O. The maximum atomic E-state index is 13.7. The first-order valence-corrected chi connectivity index (χ1v) is 10.7. The second kappa shape index (κ2) is 8.74. The predicted molar refractivity (Wildman–Crippen MR) is 122 cm³/mol. The van der Waals surface area contributed by atoms with Crippen molar-refractivity contribution in [2.75, 3.05) is 23.8 Å². The van der Waals surface area contributed by atoms with Crippen molar-refractivity contribution in [1.29, 1.82) is 0 Å². The van der Waals surface area contributed by atoms with E-state index in [-0.39, 0.29) is 24.0 Å². The molecule has 0 radical (unpaired) electrons. The molecule has 3 aromatic rings. The Labute approximate surface area is 191 Å². The van der Waals surface area contributed by atoms with Gasteiger partial charge in [-0.25, -0.2) is 19.2 Å². The molecule has 1 aliphatic heterocycles. The van der Waals surface area contributed by atoms with Gasteiger partial charge in [0, 0.05) is 31.0 Å². The fourth-order valence-corrected chi connectivity index (χ4v) is 3.97. The monoisotopic (exact) mass is 457 g/mol. The largest absolute Gasteiger partial charge is 0.346 e. The third-order valence-electron chi connectivity index (χ3n) is 5.52. The van der Waals surface area contributed by atoms with Crippen LogP contribution in [0.15, 0.2) is 43.0 Å². The molecule has 2 atom stereocenters. The van der Waals surface area contributed by atoms with Crippen LogP contribution in [0.1, 0.15) is 32.5 Å². The molecule has 8 nitrogen and oxygen atoms in total. The summed E-state index contributed by atoms with van der Waals surface area (Å²) < 4.78 is 15.4. The van der Waals surface area contributed by atoms with Gasteiger partial charge in [-0.3, -0.25) is 4.90 Å². The van der Waals surface area contributed by atoms with E-state index < -0.39 is 5.82 Å². The van der Waals surface area contributed by atoms with Crippen molar-refractivity contribution in [2.24, 2.45) is 5.92 Å². The Bertz CT molecular complexity index is 1110. The first-order chi connectivity index (χ1) is 15.2. The topological polar surface area (TPSA) is 79.2 Å². The van der Waals surface area contributed by atoms with Crippen LogP contribution in [0.3, 0.4) is 0 Å². The summed E-state index contributed by atoms with van der Waals surface area (Å²) in [5, 5.41) is 3.54. The van der Waals surface area contributed by atoms with Crippen molar-refractivity contribution in [3.8, 4) is 5.69 Å². The summed E-state index contributed by atoms with van der Waals surface area (Å²) in [7, 11) is 1.79. The van der Waals surface area contributed by atoms with Crippen LogP contribution in [-0.4, -0.2) is 50.1 Å². The number of hydrogen-bond donors (Lipinski definition) is 1. The molecule has 1 aromatic carbocycles. The Morgan fingerprint density at radius 3 is 2.72 bits per heavy atom. The standard InChI is InChI=1S/C22H25ClFN7O/c1-13(2)19-11-29(4)22(32)31(19)20-5-6-25-21(28-20)27-14(3)18-10-30(12-26-18)17-8-15(23)7-16(24)9-17/h5-10,12-14,19H,11H2,1-4H3,(H,25,27,28)/t14-,19?/m0/s1. The highest BCUT2D eigenvalue weighted by molar-refractivity contribution is 6.30. The fourth-order valence-electron chi connectivity index (χ4n) is 3.75. The minimum Gasteiger partial charge on any atom is -0.346 e. The highest BCUT2D eigenvalue weighted by Gasteiger charge is 2.38. The lowest BCUT2D eigenvalue weighted by Gasteiger charge is -2.25. The van der Waals surface area contributed by atoms with E-state index in [0.29, 0.717) is 29.0 Å². The molecule has 2 amide bonds. The Balaban J connectivity index is 1.53. The number of carbonyl (C=O) groups excluding carboxylic acids is 1. The molecule has 4 rings (SSSR count). The van der Waals surface area contributed by atoms with Gasteiger partial charge < -0.3 is 14.8 Å². The second-order valence-corrected chi connectivity index (χ2v) is 8.72. The number of urea groups is 1. The van der Waals surface area contributed by atoms with Gasteiger partial charge in [-0.2, -0.15) is 4.98 Å². The van der Waals surface area contributed by atoms with E-state index in [0.717, 1.165) is 5.69 Å². The second-order valence-electron chi connectivity index (χ2n) is 8.28.